The van der Waals surface area contributed by atoms with E-state index < -0.39 is 0 Å². The molecule has 0 unspecified atom stereocenters. The molecule has 3 aromatic carbocycles. The van der Waals surface area contributed by atoms with Crippen LogP contribution in [0.1, 0.15) is 12.8 Å². The average Bonchev–Trinajstić information content (AvgIpc) is 3.50. The van der Waals surface area contributed by atoms with E-state index in [0.29, 0.717) is 0 Å². The van der Waals surface area contributed by atoms with E-state index in [1.807, 2.05) is 48.1 Å². The lowest BCUT2D eigenvalue weighted by Gasteiger charge is -2.26. The van der Waals surface area contributed by atoms with Crippen LogP contribution >= 0.6 is 0 Å². The molecule has 160 valence electrons. The molecule has 0 spiro atoms. The van der Waals surface area contributed by atoms with Crippen molar-refractivity contribution in [2.75, 3.05) is 16.8 Å². The number of nitrogens with zero attached hydrogens (tertiary/aromatic N) is 3. The third kappa shape index (κ3) is 4.02. The van der Waals surface area contributed by atoms with Gasteiger partial charge in [-0.05, 0) is 59.9 Å². The molecule has 1 aliphatic heterocycles. The summed E-state index contributed by atoms with van der Waals surface area (Å²) in [5, 5.41) is 7.36. The molecular weight excluding hydrogens is 396 g/mol. The molecule has 1 atom stereocenters. The molecule has 1 saturated heterocycles. The standard InChI is InChI=1S/C27H26N4O/c1-30-25(17-18-28-30)22-11-15-24(16-12-22)31-19-5-8-26(31)27(32)29-23-13-9-21(10-14-23)20-6-3-2-4-7-20/h2-4,6-7,9-18,26H,5,8,19H2,1H3,(H,29,32)/t26-/m0/s1. The number of rotatable bonds is 5. The quantitative estimate of drug-likeness (QED) is 0.471. The molecule has 32 heavy (non-hydrogen) atoms. The van der Waals surface area contributed by atoms with Crippen LogP contribution in [0.5, 0.6) is 0 Å². The van der Waals surface area contributed by atoms with Crippen LogP contribution in [0.4, 0.5) is 11.4 Å². The Kier molecular flexibility index (Phi) is 5.46. The number of hydrogen-bond donors (Lipinski definition) is 1. The van der Waals surface area contributed by atoms with Gasteiger partial charge in [-0.15, -0.1) is 0 Å². The first-order valence-electron chi connectivity index (χ1n) is 11.0. The van der Waals surface area contributed by atoms with Gasteiger partial charge in [0.1, 0.15) is 6.04 Å². The number of nitrogens with one attached hydrogen (secondary N) is 1. The van der Waals surface area contributed by atoms with Crippen molar-refractivity contribution >= 4 is 17.3 Å². The molecule has 5 nitrogen and oxygen atoms in total. The van der Waals surface area contributed by atoms with Gasteiger partial charge in [0, 0.05) is 31.2 Å². The second-order valence-electron chi connectivity index (χ2n) is 8.17. The van der Waals surface area contributed by atoms with Crippen molar-refractivity contribution in [1.29, 1.82) is 0 Å². The van der Waals surface area contributed by atoms with E-state index in [9.17, 15) is 4.79 Å². The molecule has 0 radical (unpaired) electrons. The van der Waals surface area contributed by atoms with Crippen LogP contribution in [0, 0.1) is 0 Å². The molecule has 1 aromatic heterocycles. The Morgan fingerprint density at radius 2 is 1.56 bits per heavy atom. The lowest BCUT2D eigenvalue weighted by atomic mass is 10.1. The first kappa shape index (κ1) is 20.1. The van der Waals surface area contributed by atoms with E-state index in [1.165, 1.54) is 5.56 Å². The minimum Gasteiger partial charge on any atom is -0.360 e. The second-order valence-corrected chi connectivity index (χ2v) is 8.17. The van der Waals surface area contributed by atoms with E-state index >= 15 is 0 Å². The average molecular weight is 423 g/mol. The summed E-state index contributed by atoms with van der Waals surface area (Å²) in [5.41, 5.74) is 6.40. The fraction of sp³-hybridized carbons (Fsp3) is 0.185. The molecule has 1 fully saturated rings. The zero-order valence-electron chi connectivity index (χ0n) is 18.1. The van der Waals surface area contributed by atoms with Gasteiger partial charge >= 0.3 is 0 Å². The van der Waals surface area contributed by atoms with Gasteiger partial charge in [-0.1, -0.05) is 54.6 Å². The highest BCUT2D eigenvalue weighted by Gasteiger charge is 2.31. The third-order valence-corrected chi connectivity index (χ3v) is 6.13. The van der Waals surface area contributed by atoms with Crippen molar-refractivity contribution in [3.05, 3.63) is 91.1 Å². The summed E-state index contributed by atoms with van der Waals surface area (Å²) in [6, 6.07) is 28.5. The lowest BCUT2D eigenvalue weighted by Crippen LogP contribution is -2.39. The Bertz CT molecular complexity index is 1200. The van der Waals surface area contributed by atoms with Crippen LogP contribution in [-0.4, -0.2) is 28.3 Å². The number of amides is 1. The lowest BCUT2D eigenvalue weighted by molar-refractivity contribution is -0.117. The Morgan fingerprint density at radius 1 is 0.875 bits per heavy atom. The summed E-state index contributed by atoms with van der Waals surface area (Å²) >= 11 is 0. The molecular formula is C27H26N4O. The van der Waals surface area contributed by atoms with E-state index in [1.54, 1.807) is 6.20 Å². The normalized spacial score (nSPS) is 15.7. The Balaban J connectivity index is 1.28. The number of carbonyl (C=O) groups is 1. The number of hydrogen-bond acceptors (Lipinski definition) is 3. The molecule has 5 heteroatoms. The smallest absolute Gasteiger partial charge is 0.247 e. The topological polar surface area (TPSA) is 50.2 Å². The maximum atomic E-state index is 13.1. The monoisotopic (exact) mass is 422 g/mol. The molecule has 1 N–H and O–H groups in total. The predicted molar refractivity (Wildman–Crippen MR) is 130 cm³/mol. The van der Waals surface area contributed by atoms with Gasteiger partial charge in [0.25, 0.3) is 0 Å². The van der Waals surface area contributed by atoms with Gasteiger partial charge in [0.15, 0.2) is 0 Å². The van der Waals surface area contributed by atoms with Gasteiger partial charge in [-0.2, -0.15) is 5.10 Å². The van der Waals surface area contributed by atoms with Crippen LogP contribution < -0.4 is 10.2 Å². The highest BCUT2D eigenvalue weighted by molar-refractivity contribution is 5.97. The summed E-state index contributed by atoms with van der Waals surface area (Å²) in [5.74, 6) is 0.0469. The zero-order chi connectivity index (χ0) is 21.9. The van der Waals surface area contributed by atoms with Crippen LogP contribution in [0.3, 0.4) is 0 Å². The van der Waals surface area contributed by atoms with Crippen molar-refractivity contribution in [3.63, 3.8) is 0 Å². The van der Waals surface area contributed by atoms with E-state index in [-0.39, 0.29) is 11.9 Å². The SMILES string of the molecule is Cn1nccc1-c1ccc(N2CCC[C@H]2C(=O)Nc2ccc(-c3ccccc3)cc2)cc1. The Labute approximate surface area is 188 Å². The van der Waals surface area contributed by atoms with Crippen LogP contribution in [0.25, 0.3) is 22.4 Å². The number of carbonyl (C=O) groups excluding carboxylic acids is 1. The van der Waals surface area contributed by atoms with Crippen LogP contribution in [0.15, 0.2) is 91.1 Å². The predicted octanol–water partition coefficient (Wildman–Crippen LogP) is 5.36. The first-order valence-corrected chi connectivity index (χ1v) is 11.0. The van der Waals surface area contributed by atoms with Gasteiger partial charge in [0.05, 0.1) is 5.69 Å². The van der Waals surface area contributed by atoms with Crippen LogP contribution in [-0.2, 0) is 11.8 Å². The molecule has 4 aromatic rings. The zero-order valence-corrected chi connectivity index (χ0v) is 18.1. The molecule has 0 aliphatic carbocycles. The van der Waals surface area contributed by atoms with Crippen molar-refractivity contribution in [2.24, 2.45) is 7.05 Å². The third-order valence-electron chi connectivity index (χ3n) is 6.13. The van der Waals surface area contributed by atoms with Gasteiger partial charge in [0.2, 0.25) is 5.91 Å². The minimum atomic E-state index is -0.161. The van der Waals surface area contributed by atoms with E-state index in [0.717, 1.165) is 47.6 Å². The summed E-state index contributed by atoms with van der Waals surface area (Å²) < 4.78 is 1.87. The summed E-state index contributed by atoms with van der Waals surface area (Å²) in [4.78, 5) is 15.3. The highest BCUT2D eigenvalue weighted by atomic mass is 16.2. The maximum Gasteiger partial charge on any atom is 0.247 e. The summed E-state index contributed by atoms with van der Waals surface area (Å²) in [7, 11) is 1.94. The van der Waals surface area contributed by atoms with Gasteiger partial charge < -0.3 is 10.2 Å². The number of anilines is 2. The van der Waals surface area contributed by atoms with Crippen molar-refractivity contribution in [1.82, 2.24) is 9.78 Å². The highest BCUT2D eigenvalue weighted by Crippen LogP contribution is 2.29. The number of aromatic nitrogens is 2. The van der Waals surface area contributed by atoms with Crippen molar-refractivity contribution < 1.29 is 4.79 Å². The largest absolute Gasteiger partial charge is 0.360 e. The molecule has 0 bridgehead atoms. The molecule has 5 rings (SSSR count). The summed E-state index contributed by atoms with van der Waals surface area (Å²) in [6.07, 6.45) is 3.67. The second kappa shape index (κ2) is 8.71. The van der Waals surface area contributed by atoms with Crippen LogP contribution in [0.2, 0.25) is 0 Å². The van der Waals surface area contributed by atoms with Crippen molar-refractivity contribution in [2.45, 2.75) is 18.9 Å². The maximum absolute atomic E-state index is 13.1. The van der Waals surface area contributed by atoms with E-state index in [2.05, 4.69) is 63.8 Å². The molecule has 1 amide bonds. The fourth-order valence-corrected chi connectivity index (χ4v) is 4.43. The molecule has 1 aliphatic rings. The van der Waals surface area contributed by atoms with Gasteiger partial charge in [-0.25, -0.2) is 0 Å². The number of aryl methyl sites for hydroxylation is 1. The number of benzene rings is 3. The Morgan fingerprint density at radius 3 is 2.25 bits per heavy atom. The van der Waals surface area contributed by atoms with Crippen molar-refractivity contribution in [3.8, 4) is 22.4 Å². The Hall–Kier alpha value is -3.86. The summed E-state index contributed by atoms with van der Waals surface area (Å²) in [6.45, 7) is 0.885. The fourth-order valence-electron chi connectivity index (χ4n) is 4.43. The molecule has 2 heterocycles. The minimum absolute atomic E-state index is 0.0469. The van der Waals surface area contributed by atoms with Gasteiger partial charge in [-0.3, -0.25) is 9.48 Å². The van der Waals surface area contributed by atoms with E-state index in [4.69, 9.17) is 0 Å². The first-order chi connectivity index (χ1) is 15.7. The molecule has 0 saturated carbocycles.